The van der Waals surface area contributed by atoms with Gasteiger partial charge in [0.25, 0.3) is 5.88 Å². The molecule has 1 aromatic carbocycles. The van der Waals surface area contributed by atoms with Crippen molar-refractivity contribution in [3.63, 3.8) is 0 Å². The number of methoxy groups -OCH3 is 1. The average molecular weight is 653 g/mol. The van der Waals surface area contributed by atoms with Crippen LogP contribution in [0.15, 0.2) is 49.3 Å². The molecule has 8 rings (SSSR count). The minimum atomic E-state index is -0.350. The lowest BCUT2D eigenvalue weighted by Gasteiger charge is -2.57. The molecule has 12 nitrogen and oxygen atoms in total. The molecule has 1 N–H and O–H groups in total. The molecule has 5 heterocycles. The van der Waals surface area contributed by atoms with Gasteiger partial charge in [0.15, 0.2) is 5.82 Å². The standard InChI is InChI=1S/C35H41FN10O2/c1-21(2)32(23-10-25(11-23)42-26-13-30(47-3)43-40-14-26)46-17-35(18-46)8-9-45(16-35)33-34(44-41-20-39-33)48-29-7-6-24(36)12-27(29)28-15-37-19-38-31(28)22-4-5-22/h6-7,12-15,19-23,25,32H,4-5,8-11,16-18H2,1-3H3,(H,42,43)/t23?,25?,32-/m1/s1. The Labute approximate surface area is 279 Å². The summed E-state index contributed by atoms with van der Waals surface area (Å²) in [6.07, 6.45) is 12.0. The fourth-order valence-corrected chi connectivity index (χ4v) is 8.16. The molecular weight excluding hydrogens is 611 g/mol. The Hall–Kier alpha value is -4.52. The van der Waals surface area contributed by atoms with Gasteiger partial charge < -0.3 is 19.7 Å². The second-order valence-corrected chi connectivity index (χ2v) is 14.3. The minimum Gasteiger partial charge on any atom is -0.480 e. The van der Waals surface area contributed by atoms with Crippen LogP contribution in [0, 0.1) is 23.1 Å². The number of hydrogen-bond acceptors (Lipinski definition) is 12. The van der Waals surface area contributed by atoms with Crippen LogP contribution in [-0.4, -0.2) is 85.6 Å². The van der Waals surface area contributed by atoms with Crippen molar-refractivity contribution >= 4 is 11.5 Å². The van der Waals surface area contributed by atoms with Gasteiger partial charge in [-0.25, -0.2) is 19.3 Å². The lowest BCUT2D eigenvalue weighted by atomic mass is 9.68. The van der Waals surface area contributed by atoms with Crippen molar-refractivity contribution in [3.8, 4) is 28.6 Å². The third kappa shape index (κ3) is 5.99. The van der Waals surface area contributed by atoms with E-state index in [0.717, 1.165) is 75.2 Å². The van der Waals surface area contributed by atoms with Crippen LogP contribution in [0.2, 0.25) is 0 Å². The van der Waals surface area contributed by atoms with Gasteiger partial charge in [-0.3, -0.25) is 4.90 Å². The molecule has 1 spiro atoms. The number of halogens is 1. The molecule has 0 amide bonds. The quantitative estimate of drug-likeness (QED) is 0.224. The van der Waals surface area contributed by atoms with Crippen LogP contribution in [0.25, 0.3) is 11.1 Å². The van der Waals surface area contributed by atoms with Crippen LogP contribution in [0.4, 0.5) is 15.9 Å². The highest BCUT2D eigenvalue weighted by atomic mass is 19.1. The van der Waals surface area contributed by atoms with E-state index in [9.17, 15) is 4.39 Å². The molecule has 2 saturated heterocycles. The van der Waals surface area contributed by atoms with E-state index in [1.165, 1.54) is 18.5 Å². The van der Waals surface area contributed by atoms with Crippen molar-refractivity contribution in [2.45, 2.75) is 64.0 Å². The Morgan fingerprint density at radius 3 is 2.62 bits per heavy atom. The molecule has 0 bridgehead atoms. The van der Waals surface area contributed by atoms with Crippen molar-refractivity contribution in [3.05, 3.63) is 60.8 Å². The molecular formula is C35H41FN10O2. The van der Waals surface area contributed by atoms with Gasteiger partial charge in [-0.2, -0.15) is 5.10 Å². The molecule has 4 fully saturated rings. The van der Waals surface area contributed by atoms with E-state index in [1.807, 2.05) is 6.07 Å². The molecule has 4 aromatic rings. The smallest absolute Gasteiger partial charge is 0.282 e. The van der Waals surface area contributed by atoms with Crippen molar-refractivity contribution in [1.29, 1.82) is 0 Å². The van der Waals surface area contributed by atoms with Gasteiger partial charge >= 0.3 is 0 Å². The molecule has 13 heteroatoms. The summed E-state index contributed by atoms with van der Waals surface area (Å²) in [7, 11) is 1.61. The number of rotatable bonds is 11. The van der Waals surface area contributed by atoms with Crippen LogP contribution < -0.4 is 19.7 Å². The van der Waals surface area contributed by atoms with Crippen LogP contribution in [0.5, 0.6) is 17.5 Å². The third-order valence-electron chi connectivity index (χ3n) is 10.5. The molecule has 3 aromatic heterocycles. The highest BCUT2D eigenvalue weighted by Crippen LogP contribution is 2.49. The Morgan fingerprint density at radius 2 is 1.83 bits per heavy atom. The van der Waals surface area contributed by atoms with Crippen LogP contribution in [0.3, 0.4) is 0 Å². The number of nitrogens with zero attached hydrogens (tertiary/aromatic N) is 9. The normalized spacial score (nSPS) is 22.3. The van der Waals surface area contributed by atoms with Gasteiger partial charge in [0, 0.05) is 73.0 Å². The van der Waals surface area contributed by atoms with Gasteiger partial charge in [-0.15, -0.1) is 15.3 Å². The largest absolute Gasteiger partial charge is 0.480 e. The van der Waals surface area contributed by atoms with E-state index in [1.54, 1.807) is 31.9 Å². The van der Waals surface area contributed by atoms with Crippen LogP contribution in [0.1, 0.15) is 57.6 Å². The Bertz CT molecular complexity index is 1780. The Balaban J connectivity index is 0.931. The molecule has 1 atom stereocenters. The summed E-state index contributed by atoms with van der Waals surface area (Å²) in [6, 6.07) is 7.40. The van der Waals surface area contributed by atoms with Crippen molar-refractivity contribution in [2.24, 2.45) is 17.3 Å². The summed E-state index contributed by atoms with van der Waals surface area (Å²) < 4.78 is 26.2. The molecule has 250 valence electrons. The van der Waals surface area contributed by atoms with Crippen LogP contribution >= 0.6 is 0 Å². The van der Waals surface area contributed by atoms with E-state index in [0.29, 0.717) is 58.7 Å². The summed E-state index contributed by atoms with van der Waals surface area (Å²) in [6.45, 7) is 8.59. The zero-order chi connectivity index (χ0) is 32.8. The first-order chi connectivity index (χ1) is 23.4. The predicted molar refractivity (Wildman–Crippen MR) is 177 cm³/mol. The second kappa shape index (κ2) is 12.5. The fourth-order valence-electron chi connectivity index (χ4n) is 8.16. The van der Waals surface area contributed by atoms with Crippen LogP contribution in [-0.2, 0) is 0 Å². The van der Waals surface area contributed by atoms with Crippen molar-refractivity contribution in [2.75, 3.05) is 43.5 Å². The van der Waals surface area contributed by atoms with E-state index in [-0.39, 0.29) is 11.2 Å². The summed E-state index contributed by atoms with van der Waals surface area (Å²) in [5, 5.41) is 20.0. The topological polar surface area (TPSA) is 127 Å². The maximum absolute atomic E-state index is 14.6. The molecule has 48 heavy (non-hydrogen) atoms. The van der Waals surface area contributed by atoms with E-state index < -0.39 is 0 Å². The Morgan fingerprint density at radius 1 is 0.979 bits per heavy atom. The van der Waals surface area contributed by atoms with Crippen molar-refractivity contribution < 1.29 is 13.9 Å². The summed E-state index contributed by atoms with van der Waals surface area (Å²) in [5.74, 6) is 3.22. The number of ether oxygens (including phenoxy) is 2. The molecule has 0 unspecified atom stereocenters. The first-order valence-corrected chi connectivity index (χ1v) is 17.0. The number of nitrogens with one attached hydrogen (secondary N) is 1. The summed E-state index contributed by atoms with van der Waals surface area (Å²) in [4.78, 5) is 18.4. The number of hydrogen-bond donors (Lipinski definition) is 1. The van der Waals surface area contributed by atoms with Gasteiger partial charge in [-0.1, -0.05) is 13.8 Å². The summed E-state index contributed by atoms with van der Waals surface area (Å²) in [5.41, 5.74) is 3.47. The van der Waals surface area contributed by atoms with E-state index >= 15 is 0 Å². The Kier molecular flexibility index (Phi) is 8.02. The number of aromatic nitrogens is 7. The molecule has 0 radical (unpaired) electrons. The number of likely N-dealkylation sites (tertiary alicyclic amines) is 1. The average Bonchev–Trinajstić information content (AvgIpc) is 3.82. The van der Waals surface area contributed by atoms with Gasteiger partial charge in [0.1, 0.15) is 24.2 Å². The molecule has 4 aliphatic rings. The van der Waals surface area contributed by atoms with Gasteiger partial charge in [-0.05, 0) is 62.1 Å². The van der Waals surface area contributed by atoms with Gasteiger partial charge in [0.2, 0.25) is 5.88 Å². The highest BCUT2D eigenvalue weighted by molar-refractivity contribution is 5.73. The lowest BCUT2D eigenvalue weighted by Crippen LogP contribution is -2.65. The molecule has 2 aliphatic carbocycles. The monoisotopic (exact) mass is 652 g/mol. The number of anilines is 2. The predicted octanol–water partition coefficient (Wildman–Crippen LogP) is 5.36. The first kappa shape index (κ1) is 30.8. The zero-order valence-corrected chi connectivity index (χ0v) is 27.6. The lowest BCUT2D eigenvalue weighted by molar-refractivity contribution is -0.0656. The minimum absolute atomic E-state index is 0.206. The first-order valence-electron chi connectivity index (χ1n) is 17.0. The molecule has 2 saturated carbocycles. The fraction of sp³-hybridized carbons (Fsp3) is 0.514. The SMILES string of the molecule is COc1cc(NC2CC([C@@H](C(C)C)N3CC4(CCN(c5ncnnc5Oc5ccc(F)cc5-c5cncnc5C5CC5)C4)C3)C2)cnn1. The van der Waals surface area contributed by atoms with Crippen molar-refractivity contribution in [1.82, 2.24) is 40.2 Å². The van der Waals surface area contributed by atoms with Gasteiger partial charge in [0.05, 0.1) is 24.7 Å². The van der Waals surface area contributed by atoms with E-state index in [4.69, 9.17) is 9.47 Å². The second-order valence-electron chi connectivity index (χ2n) is 14.3. The maximum Gasteiger partial charge on any atom is 0.282 e. The highest BCUT2D eigenvalue weighted by Gasteiger charge is 2.53. The zero-order valence-electron chi connectivity index (χ0n) is 27.6. The summed E-state index contributed by atoms with van der Waals surface area (Å²) >= 11 is 0. The van der Waals surface area contributed by atoms with E-state index in [2.05, 4.69) is 64.3 Å². The third-order valence-corrected chi connectivity index (χ3v) is 10.5. The maximum atomic E-state index is 14.6. The number of benzene rings is 1. The molecule has 2 aliphatic heterocycles.